The van der Waals surface area contributed by atoms with E-state index in [0.29, 0.717) is 5.75 Å². The highest BCUT2D eigenvalue weighted by molar-refractivity contribution is 9.10. The zero-order chi connectivity index (χ0) is 14.0. The van der Waals surface area contributed by atoms with Gasteiger partial charge in [0.05, 0.1) is 0 Å². The van der Waals surface area contributed by atoms with Gasteiger partial charge in [0.15, 0.2) is 0 Å². The second-order valence-corrected chi connectivity index (χ2v) is 4.71. The average Bonchev–Trinajstić information content (AvgIpc) is 2.30. The third kappa shape index (κ3) is 3.81. The Hall–Kier alpha value is -1.34. The number of nitrogens with zero attached hydrogens (tertiary/aromatic N) is 2. The Morgan fingerprint density at radius 1 is 1.11 bits per heavy atom. The van der Waals surface area contributed by atoms with Crippen LogP contribution < -0.4 is 4.74 Å². The summed E-state index contributed by atoms with van der Waals surface area (Å²) < 4.78 is 43.5. The molecule has 1 heterocycles. The van der Waals surface area contributed by atoms with Crippen LogP contribution in [0.1, 0.15) is 5.82 Å². The van der Waals surface area contributed by atoms with Crippen molar-refractivity contribution >= 4 is 27.5 Å². The van der Waals surface area contributed by atoms with Crippen molar-refractivity contribution in [1.29, 1.82) is 0 Å². The first-order valence-electron chi connectivity index (χ1n) is 4.90. The summed E-state index contributed by atoms with van der Waals surface area (Å²) in [5.74, 6) is -1.27. The van der Waals surface area contributed by atoms with Gasteiger partial charge in [0.2, 0.25) is 11.7 Å². The fraction of sp³-hybridized carbons (Fsp3) is 0.0909. The van der Waals surface area contributed by atoms with Crippen molar-refractivity contribution < 1.29 is 17.9 Å². The quantitative estimate of drug-likeness (QED) is 0.734. The smallest absolute Gasteiger partial charge is 0.439 e. The van der Waals surface area contributed by atoms with Gasteiger partial charge in [-0.3, -0.25) is 0 Å². The second-order valence-electron chi connectivity index (χ2n) is 3.41. The highest BCUT2D eigenvalue weighted by atomic mass is 79.9. The summed E-state index contributed by atoms with van der Waals surface area (Å²) in [7, 11) is 0. The molecule has 2 rings (SSSR count). The second kappa shape index (κ2) is 5.34. The maximum atomic E-state index is 12.5. The molecule has 0 amide bonds. The van der Waals surface area contributed by atoms with Crippen molar-refractivity contribution in [2.24, 2.45) is 0 Å². The predicted molar refractivity (Wildman–Crippen MR) is 66.3 cm³/mol. The van der Waals surface area contributed by atoms with Crippen molar-refractivity contribution in [1.82, 2.24) is 9.97 Å². The minimum atomic E-state index is -4.68. The van der Waals surface area contributed by atoms with Crippen molar-refractivity contribution in [3.8, 4) is 11.6 Å². The first-order valence-corrected chi connectivity index (χ1v) is 6.07. The van der Waals surface area contributed by atoms with Gasteiger partial charge in [-0.1, -0.05) is 27.5 Å². The molecule has 100 valence electrons. The molecule has 0 aliphatic rings. The summed E-state index contributed by atoms with van der Waals surface area (Å²) in [5, 5.41) is -0.338. The predicted octanol–water partition coefficient (Wildman–Crippen LogP) is 4.70. The largest absolute Gasteiger partial charge is 0.451 e. The van der Waals surface area contributed by atoms with E-state index in [1.54, 1.807) is 24.3 Å². The summed E-state index contributed by atoms with van der Waals surface area (Å²) in [6.45, 7) is 0. The van der Waals surface area contributed by atoms with Gasteiger partial charge in [0.25, 0.3) is 0 Å². The molecule has 8 heteroatoms. The molecule has 0 saturated heterocycles. The van der Waals surface area contributed by atoms with Crippen LogP contribution in [0.5, 0.6) is 11.6 Å². The first-order chi connectivity index (χ1) is 8.84. The molecule has 0 radical (unpaired) electrons. The molecule has 0 aliphatic heterocycles. The molecule has 0 atom stereocenters. The Labute approximate surface area is 119 Å². The number of hydrogen-bond donors (Lipinski definition) is 0. The highest BCUT2D eigenvalue weighted by Gasteiger charge is 2.35. The molecule has 19 heavy (non-hydrogen) atoms. The van der Waals surface area contributed by atoms with Crippen LogP contribution >= 0.6 is 27.5 Å². The van der Waals surface area contributed by atoms with Crippen LogP contribution in [0.2, 0.25) is 5.15 Å². The molecule has 0 spiro atoms. The molecule has 0 fully saturated rings. The van der Waals surface area contributed by atoms with Crippen LogP contribution in [0, 0.1) is 0 Å². The summed E-state index contributed by atoms with van der Waals surface area (Å²) >= 11 is 8.74. The van der Waals surface area contributed by atoms with Crippen molar-refractivity contribution in [2.75, 3.05) is 0 Å². The van der Waals surface area contributed by atoms with Crippen LogP contribution in [0.15, 0.2) is 34.8 Å². The molecule has 2 aromatic rings. The number of hydrogen-bond acceptors (Lipinski definition) is 3. The van der Waals surface area contributed by atoms with Crippen LogP contribution in [-0.2, 0) is 6.18 Å². The zero-order valence-corrected chi connectivity index (χ0v) is 11.4. The van der Waals surface area contributed by atoms with Gasteiger partial charge in [-0.05, 0) is 24.3 Å². The lowest BCUT2D eigenvalue weighted by molar-refractivity contribution is -0.145. The minimum absolute atomic E-state index is 0.269. The Balaban J connectivity index is 2.30. The Morgan fingerprint density at radius 3 is 2.32 bits per heavy atom. The van der Waals surface area contributed by atoms with E-state index >= 15 is 0 Å². The van der Waals surface area contributed by atoms with Gasteiger partial charge >= 0.3 is 6.18 Å². The van der Waals surface area contributed by atoms with Gasteiger partial charge < -0.3 is 4.74 Å². The minimum Gasteiger partial charge on any atom is -0.439 e. The Morgan fingerprint density at radius 2 is 1.74 bits per heavy atom. The Kier molecular flexibility index (Phi) is 3.96. The van der Waals surface area contributed by atoms with Gasteiger partial charge in [0.1, 0.15) is 10.9 Å². The molecule has 0 aliphatic carbocycles. The molecule has 0 bridgehead atoms. The van der Waals surface area contributed by atoms with E-state index in [-0.39, 0.29) is 11.0 Å². The van der Waals surface area contributed by atoms with Gasteiger partial charge in [0, 0.05) is 10.5 Å². The number of alkyl halides is 3. The average molecular weight is 354 g/mol. The Bertz CT molecular complexity index is 589. The summed E-state index contributed by atoms with van der Waals surface area (Å²) in [6.07, 6.45) is -4.68. The molecule has 0 saturated carbocycles. The molecule has 1 aromatic carbocycles. The number of ether oxygens (including phenoxy) is 1. The van der Waals surface area contributed by atoms with Crippen molar-refractivity contribution in [3.05, 3.63) is 45.8 Å². The molecular weight excluding hydrogens is 348 g/mol. The van der Waals surface area contributed by atoms with Gasteiger partial charge in [-0.25, -0.2) is 4.98 Å². The highest BCUT2D eigenvalue weighted by Crippen LogP contribution is 2.30. The normalized spacial score (nSPS) is 11.4. The fourth-order valence-corrected chi connectivity index (χ4v) is 1.64. The zero-order valence-electron chi connectivity index (χ0n) is 9.08. The van der Waals surface area contributed by atoms with E-state index in [0.717, 1.165) is 10.5 Å². The lowest BCUT2D eigenvalue weighted by Crippen LogP contribution is -2.11. The topological polar surface area (TPSA) is 35.0 Å². The fourth-order valence-electron chi connectivity index (χ4n) is 1.20. The van der Waals surface area contributed by atoms with E-state index in [9.17, 15) is 13.2 Å². The number of halogens is 5. The van der Waals surface area contributed by atoms with Crippen molar-refractivity contribution in [2.45, 2.75) is 6.18 Å². The monoisotopic (exact) mass is 352 g/mol. The van der Waals surface area contributed by atoms with Gasteiger partial charge in [-0.15, -0.1) is 0 Å². The standard InChI is InChI=1S/C11H5BrClF3N2O/c12-6-1-3-7(4-2-6)19-9-5-8(13)17-10(18-9)11(14,15)16/h1-5H. The van der Waals surface area contributed by atoms with E-state index in [2.05, 4.69) is 25.9 Å². The molecule has 0 unspecified atom stereocenters. The van der Waals surface area contributed by atoms with Crippen LogP contribution in [-0.4, -0.2) is 9.97 Å². The van der Waals surface area contributed by atoms with E-state index < -0.39 is 12.0 Å². The molecule has 1 aromatic heterocycles. The SMILES string of the molecule is FC(F)(F)c1nc(Cl)cc(Oc2ccc(Br)cc2)n1. The van der Waals surface area contributed by atoms with E-state index in [1.165, 1.54) is 0 Å². The molecule has 3 nitrogen and oxygen atoms in total. The summed E-state index contributed by atoms with van der Waals surface area (Å²) in [6, 6.07) is 7.63. The summed E-state index contributed by atoms with van der Waals surface area (Å²) in [4.78, 5) is 6.37. The number of benzene rings is 1. The van der Waals surface area contributed by atoms with Crippen molar-refractivity contribution in [3.63, 3.8) is 0 Å². The molecular formula is C11H5BrClF3N2O. The maximum Gasteiger partial charge on any atom is 0.451 e. The maximum absolute atomic E-state index is 12.5. The number of aromatic nitrogens is 2. The van der Waals surface area contributed by atoms with Crippen LogP contribution in [0.25, 0.3) is 0 Å². The van der Waals surface area contributed by atoms with Gasteiger partial charge in [-0.2, -0.15) is 18.2 Å². The lowest BCUT2D eigenvalue weighted by atomic mass is 10.3. The summed E-state index contributed by atoms with van der Waals surface area (Å²) in [5.41, 5.74) is 0. The van der Waals surface area contributed by atoms with Crippen LogP contribution in [0.4, 0.5) is 13.2 Å². The molecule has 0 N–H and O–H groups in total. The van der Waals surface area contributed by atoms with E-state index in [4.69, 9.17) is 16.3 Å². The van der Waals surface area contributed by atoms with Crippen LogP contribution in [0.3, 0.4) is 0 Å². The first kappa shape index (κ1) is 14.1. The third-order valence-electron chi connectivity index (χ3n) is 1.96. The van der Waals surface area contributed by atoms with E-state index in [1.807, 2.05) is 0 Å². The lowest BCUT2D eigenvalue weighted by Gasteiger charge is -2.08. The third-order valence-corrected chi connectivity index (χ3v) is 2.68. The number of rotatable bonds is 2.